The van der Waals surface area contributed by atoms with Crippen LogP contribution in [0.3, 0.4) is 0 Å². The zero-order valence-corrected chi connectivity index (χ0v) is 16.5. The van der Waals surface area contributed by atoms with Crippen LogP contribution in [0.15, 0.2) is 30.6 Å². The number of nitriles is 2. The van der Waals surface area contributed by atoms with Gasteiger partial charge in [-0.15, -0.1) is 0 Å². The standard InChI is InChI=1S/C19H19N7O4/c1-24(15-8-4-3-7-14(15)19(27)30-2)17-16(26(28)29)18(23-13-22-17)25(11-5-9-20)12-6-10-21/h3-4,7-8,13H,5-6,11-12H2,1-2H3. The average molecular weight is 409 g/mol. The Morgan fingerprint density at radius 1 is 1.17 bits per heavy atom. The molecule has 30 heavy (non-hydrogen) atoms. The molecule has 154 valence electrons. The van der Waals surface area contributed by atoms with Crippen LogP contribution in [0.1, 0.15) is 23.2 Å². The van der Waals surface area contributed by atoms with Gasteiger partial charge in [0.2, 0.25) is 11.6 Å². The monoisotopic (exact) mass is 409 g/mol. The molecular weight excluding hydrogens is 390 g/mol. The first-order chi connectivity index (χ1) is 14.5. The minimum atomic E-state index is -0.617. The summed E-state index contributed by atoms with van der Waals surface area (Å²) in [5.41, 5.74) is 0.177. The number of ether oxygens (including phenoxy) is 1. The van der Waals surface area contributed by atoms with E-state index < -0.39 is 16.6 Å². The maximum atomic E-state index is 12.1. The molecule has 1 heterocycles. The minimum absolute atomic E-state index is 0.00195. The molecule has 2 aromatic rings. The van der Waals surface area contributed by atoms with E-state index in [1.807, 2.05) is 12.1 Å². The Morgan fingerprint density at radius 2 is 1.77 bits per heavy atom. The Balaban J connectivity index is 2.61. The van der Waals surface area contributed by atoms with Gasteiger partial charge in [-0.05, 0) is 12.1 Å². The van der Waals surface area contributed by atoms with Crippen LogP contribution in [0.4, 0.5) is 23.0 Å². The van der Waals surface area contributed by atoms with Gasteiger partial charge in [0.1, 0.15) is 6.33 Å². The number of benzene rings is 1. The van der Waals surface area contributed by atoms with E-state index in [9.17, 15) is 14.9 Å². The fraction of sp³-hybridized carbons (Fsp3) is 0.316. The van der Waals surface area contributed by atoms with Crippen LogP contribution in [0.2, 0.25) is 0 Å². The van der Waals surface area contributed by atoms with E-state index in [1.54, 1.807) is 18.2 Å². The highest BCUT2D eigenvalue weighted by Gasteiger charge is 2.30. The number of hydrogen-bond donors (Lipinski definition) is 0. The van der Waals surface area contributed by atoms with Gasteiger partial charge in [0.15, 0.2) is 0 Å². The lowest BCUT2D eigenvalue weighted by Gasteiger charge is -2.24. The number of carbonyl (C=O) groups excluding carboxylic acids is 1. The summed E-state index contributed by atoms with van der Waals surface area (Å²) in [5, 5.41) is 29.8. The lowest BCUT2D eigenvalue weighted by Crippen LogP contribution is -2.28. The third kappa shape index (κ3) is 4.77. The Labute approximate surface area is 172 Å². The van der Waals surface area contributed by atoms with Crippen LogP contribution >= 0.6 is 0 Å². The second-order valence-corrected chi connectivity index (χ2v) is 6.00. The van der Waals surface area contributed by atoms with E-state index >= 15 is 0 Å². The zero-order valence-electron chi connectivity index (χ0n) is 16.5. The van der Waals surface area contributed by atoms with Gasteiger partial charge in [-0.1, -0.05) is 12.1 Å². The Bertz CT molecular complexity index is 995. The topological polar surface area (TPSA) is 149 Å². The van der Waals surface area contributed by atoms with Crippen molar-refractivity contribution in [1.82, 2.24) is 9.97 Å². The van der Waals surface area contributed by atoms with Crippen LogP contribution in [0.5, 0.6) is 0 Å². The molecule has 0 N–H and O–H groups in total. The smallest absolute Gasteiger partial charge is 0.353 e. The lowest BCUT2D eigenvalue weighted by molar-refractivity contribution is -0.383. The van der Waals surface area contributed by atoms with E-state index in [1.165, 1.54) is 36.4 Å². The van der Waals surface area contributed by atoms with Crippen molar-refractivity contribution in [2.75, 3.05) is 37.0 Å². The SMILES string of the molecule is COC(=O)c1ccccc1N(C)c1ncnc(N(CCC#N)CCC#N)c1[N+](=O)[O-]. The van der Waals surface area contributed by atoms with Crippen molar-refractivity contribution in [1.29, 1.82) is 10.5 Å². The fourth-order valence-electron chi connectivity index (χ4n) is 2.86. The van der Waals surface area contributed by atoms with Gasteiger partial charge < -0.3 is 14.5 Å². The Kier molecular flexibility index (Phi) is 7.60. The number of nitrogens with zero attached hydrogens (tertiary/aromatic N) is 7. The normalized spacial score (nSPS) is 9.87. The minimum Gasteiger partial charge on any atom is -0.465 e. The molecule has 11 nitrogen and oxygen atoms in total. The maximum absolute atomic E-state index is 12.1. The summed E-state index contributed by atoms with van der Waals surface area (Å²) in [6.45, 7) is 0.329. The molecule has 2 rings (SSSR count). The first kappa shape index (κ1) is 22.0. The number of aromatic nitrogens is 2. The largest absolute Gasteiger partial charge is 0.465 e. The van der Waals surface area contributed by atoms with E-state index in [0.29, 0.717) is 5.69 Å². The lowest BCUT2D eigenvalue weighted by atomic mass is 10.1. The first-order valence-electron chi connectivity index (χ1n) is 8.85. The number of methoxy groups -OCH3 is 1. The number of para-hydroxylation sites is 1. The summed E-state index contributed by atoms with van der Waals surface area (Å²) in [7, 11) is 2.78. The van der Waals surface area contributed by atoms with Crippen LogP contribution < -0.4 is 9.80 Å². The Morgan fingerprint density at radius 3 is 2.33 bits per heavy atom. The van der Waals surface area contributed by atoms with E-state index in [-0.39, 0.29) is 43.1 Å². The average Bonchev–Trinajstić information content (AvgIpc) is 2.77. The van der Waals surface area contributed by atoms with Crippen molar-refractivity contribution in [2.24, 2.45) is 0 Å². The number of hydrogen-bond acceptors (Lipinski definition) is 10. The van der Waals surface area contributed by atoms with Crippen molar-refractivity contribution >= 4 is 29.0 Å². The summed E-state index contributed by atoms with van der Waals surface area (Å²) in [6.07, 6.45) is 1.37. The van der Waals surface area contributed by atoms with Gasteiger partial charge in [0.25, 0.3) is 0 Å². The molecule has 0 aliphatic heterocycles. The fourth-order valence-corrected chi connectivity index (χ4v) is 2.86. The van der Waals surface area contributed by atoms with Crippen molar-refractivity contribution < 1.29 is 14.5 Å². The highest BCUT2D eigenvalue weighted by atomic mass is 16.6. The molecule has 0 radical (unpaired) electrons. The van der Waals surface area contributed by atoms with Gasteiger partial charge in [-0.25, -0.2) is 14.8 Å². The van der Waals surface area contributed by atoms with Crippen LogP contribution in [-0.2, 0) is 4.74 Å². The molecular formula is C19H19N7O4. The predicted molar refractivity (Wildman–Crippen MR) is 107 cm³/mol. The van der Waals surface area contributed by atoms with Gasteiger partial charge in [-0.2, -0.15) is 10.5 Å². The number of carbonyl (C=O) groups is 1. The molecule has 0 spiro atoms. The summed E-state index contributed by atoms with van der Waals surface area (Å²) < 4.78 is 4.79. The van der Waals surface area contributed by atoms with E-state index in [0.717, 1.165) is 0 Å². The summed E-state index contributed by atoms with van der Waals surface area (Å²) in [4.78, 5) is 34.5. The van der Waals surface area contributed by atoms with Gasteiger partial charge >= 0.3 is 11.7 Å². The second kappa shape index (κ2) is 10.3. The van der Waals surface area contributed by atoms with Crippen LogP contribution in [0, 0.1) is 32.8 Å². The van der Waals surface area contributed by atoms with Gasteiger partial charge in [0.05, 0.1) is 48.3 Å². The molecule has 1 aromatic carbocycles. The molecule has 0 bridgehead atoms. The molecule has 0 atom stereocenters. The molecule has 0 aliphatic rings. The zero-order chi connectivity index (χ0) is 22.1. The molecule has 0 amide bonds. The molecule has 0 saturated carbocycles. The number of anilines is 3. The van der Waals surface area contributed by atoms with Gasteiger partial charge in [-0.3, -0.25) is 10.1 Å². The maximum Gasteiger partial charge on any atom is 0.353 e. The number of rotatable bonds is 9. The van der Waals surface area contributed by atoms with Crippen molar-refractivity contribution in [3.8, 4) is 12.1 Å². The molecule has 0 saturated heterocycles. The molecule has 0 aliphatic carbocycles. The molecule has 0 fully saturated rings. The van der Waals surface area contributed by atoms with Crippen molar-refractivity contribution in [3.63, 3.8) is 0 Å². The molecule has 0 unspecified atom stereocenters. The predicted octanol–water partition coefficient (Wildman–Crippen LogP) is 2.57. The molecule has 11 heteroatoms. The molecule has 1 aromatic heterocycles. The van der Waals surface area contributed by atoms with Crippen molar-refractivity contribution in [2.45, 2.75) is 12.8 Å². The van der Waals surface area contributed by atoms with Crippen molar-refractivity contribution in [3.05, 3.63) is 46.3 Å². The number of esters is 1. The third-order valence-electron chi connectivity index (χ3n) is 4.24. The third-order valence-corrected chi connectivity index (χ3v) is 4.24. The Hall–Kier alpha value is -4.25. The van der Waals surface area contributed by atoms with Crippen LogP contribution in [0.25, 0.3) is 0 Å². The summed E-state index contributed by atoms with van der Waals surface area (Å²) in [6, 6.07) is 10.4. The van der Waals surface area contributed by atoms with Crippen LogP contribution in [-0.4, -0.2) is 48.1 Å². The summed E-state index contributed by atoms with van der Waals surface area (Å²) >= 11 is 0. The van der Waals surface area contributed by atoms with E-state index in [2.05, 4.69) is 9.97 Å². The quantitative estimate of drug-likeness (QED) is 0.343. The highest BCUT2D eigenvalue weighted by Crippen LogP contribution is 2.37. The summed E-state index contributed by atoms with van der Waals surface area (Å²) in [5.74, 6) is -0.641. The first-order valence-corrected chi connectivity index (χ1v) is 8.85. The van der Waals surface area contributed by atoms with Gasteiger partial charge in [0, 0.05) is 20.1 Å². The van der Waals surface area contributed by atoms with E-state index in [4.69, 9.17) is 15.3 Å². The second-order valence-electron chi connectivity index (χ2n) is 6.00. The highest BCUT2D eigenvalue weighted by molar-refractivity contribution is 5.97. The number of nitro groups is 1.